The van der Waals surface area contributed by atoms with Gasteiger partial charge in [-0.1, -0.05) is 6.08 Å². The fraction of sp³-hybridized carbons (Fsp3) is 0.111. The summed E-state index contributed by atoms with van der Waals surface area (Å²) in [5.41, 5.74) is -0.149. The van der Waals surface area contributed by atoms with Gasteiger partial charge in [0.15, 0.2) is 0 Å². The van der Waals surface area contributed by atoms with Crippen molar-refractivity contribution < 1.29 is 29.0 Å². The van der Waals surface area contributed by atoms with Crippen molar-refractivity contribution in [3.8, 4) is 6.07 Å². The molecule has 2 rings (SSSR count). The van der Waals surface area contributed by atoms with E-state index in [9.17, 15) is 19.6 Å². The van der Waals surface area contributed by atoms with Crippen molar-refractivity contribution >= 4 is 23.6 Å². The fourth-order valence-corrected chi connectivity index (χ4v) is 2.33. The highest BCUT2D eigenvalue weighted by Crippen LogP contribution is 2.28. The maximum Gasteiger partial charge on any atom is 0.355 e. The monoisotopic (exact) mass is 354 g/mol. The van der Waals surface area contributed by atoms with Crippen molar-refractivity contribution in [1.82, 2.24) is 0 Å². The maximum atomic E-state index is 12.3. The molecule has 0 aromatic heterocycles. The van der Waals surface area contributed by atoms with E-state index in [0.717, 1.165) is 7.11 Å². The molecule has 0 amide bonds. The van der Waals surface area contributed by atoms with E-state index in [0.29, 0.717) is 5.69 Å². The van der Waals surface area contributed by atoms with Crippen LogP contribution >= 0.6 is 0 Å². The lowest BCUT2D eigenvalue weighted by atomic mass is 10.1. The summed E-state index contributed by atoms with van der Waals surface area (Å²) < 4.78 is 9.48. The molecular formula is C18H14N2O6. The van der Waals surface area contributed by atoms with Crippen molar-refractivity contribution in [2.45, 2.75) is 0 Å². The van der Waals surface area contributed by atoms with Gasteiger partial charge in [-0.2, -0.15) is 5.26 Å². The van der Waals surface area contributed by atoms with Crippen molar-refractivity contribution in [2.24, 2.45) is 0 Å². The third kappa shape index (κ3) is 3.47. The van der Waals surface area contributed by atoms with E-state index >= 15 is 0 Å². The second kappa shape index (κ2) is 7.81. The number of ether oxygens (including phenoxy) is 2. The Morgan fingerprint density at radius 2 is 1.81 bits per heavy atom. The molecule has 0 radical (unpaired) electrons. The molecule has 0 aliphatic carbocycles. The molecule has 0 spiro atoms. The van der Waals surface area contributed by atoms with Crippen molar-refractivity contribution in [2.75, 3.05) is 19.1 Å². The molecule has 1 N–H and O–H groups in total. The highest BCUT2D eigenvalue weighted by atomic mass is 16.5. The first-order chi connectivity index (χ1) is 12.4. The number of anilines is 1. The summed E-state index contributed by atoms with van der Waals surface area (Å²) in [6.45, 7) is 0. The Hall–Kier alpha value is -3.86. The van der Waals surface area contributed by atoms with Gasteiger partial charge in [-0.3, -0.25) is 0 Å². The minimum Gasteiger partial charge on any atom is -0.478 e. The summed E-state index contributed by atoms with van der Waals surface area (Å²) in [6.07, 6.45) is 5.98. The number of carbonyl (C=O) groups is 3. The zero-order valence-corrected chi connectivity index (χ0v) is 13.9. The number of hydrogen-bond acceptors (Lipinski definition) is 7. The number of benzene rings is 1. The summed E-state index contributed by atoms with van der Waals surface area (Å²) in [4.78, 5) is 36.9. The lowest BCUT2D eigenvalue weighted by Crippen LogP contribution is -2.27. The lowest BCUT2D eigenvalue weighted by Gasteiger charge is -2.23. The van der Waals surface area contributed by atoms with E-state index in [4.69, 9.17) is 14.6 Å². The largest absolute Gasteiger partial charge is 0.478 e. The molecule has 8 nitrogen and oxygen atoms in total. The molecule has 0 saturated carbocycles. The van der Waals surface area contributed by atoms with Gasteiger partial charge in [-0.25, -0.2) is 14.4 Å². The highest BCUT2D eigenvalue weighted by Gasteiger charge is 2.28. The van der Waals surface area contributed by atoms with Gasteiger partial charge in [0.2, 0.25) is 0 Å². The number of allylic oxidation sites excluding steroid dienone is 2. The zero-order valence-electron chi connectivity index (χ0n) is 13.9. The van der Waals surface area contributed by atoms with Crippen LogP contribution in [0.2, 0.25) is 0 Å². The third-order valence-electron chi connectivity index (χ3n) is 3.52. The molecule has 1 aromatic carbocycles. The summed E-state index contributed by atoms with van der Waals surface area (Å²) in [7, 11) is 2.34. The Kier molecular flexibility index (Phi) is 5.55. The summed E-state index contributed by atoms with van der Waals surface area (Å²) in [6, 6.07) is 5.77. The zero-order chi connectivity index (χ0) is 19.3. The smallest absolute Gasteiger partial charge is 0.355 e. The second-order valence-electron chi connectivity index (χ2n) is 4.96. The predicted octanol–water partition coefficient (Wildman–Crippen LogP) is 1.75. The molecule has 1 heterocycles. The molecule has 0 atom stereocenters. The van der Waals surface area contributed by atoms with Crippen LogP contribution in [-0.4, -0.2) is 37.2 Å². The molecule has 8 heteroatoms. The fourth-order valence-electron chi connectivity index (χ4n) is 2.33. The van der Waals surface area contributed by atoms with Crippen LogP contribution < -0.4 is 4.90 Å². The van der Waals surface area contributed by atoms with Crippen molar-refractivity contribution in [3.05, 3.63) is 65.0 Å². The first kappa shape index (κ1) is 18.5. The number of carbonyl (C=O) groups excluding carboxylic acids is 2. The van der Waals surface area contributed by atoms with Gasteiger partial charge in [0.05, 0.1) is 30.9 Å². The molecule has 0 unspecified atom stereocenters. The number of esters is 2. The van der Waals surface area contributed by atoms with Gasteiger partial charge in [0.25, 0.3) is 0 Å². The topological polar surface area (TPSA) is 117 Å². The van der Waals surface area contributed by atoms with Crippen LogP contribution in [0.25, 0.3) is 0 Å². The van der Waals surface area contributed by atoms with Gasteiger partial charge >= 0.3 is 17.9 Å². The SMILES string of the molecule is COC(=O)C1=C(C(=O)OC)N(c2ccc(C(=O)O)c(C#N)c2)C=CC=C1. The molecule has 1 aliphatic rings. The maximum absolute atomic E-state index is 12.3. The molecule has 26 heavy (non-hydrogen) atoms. The quantitative estimate of drug-likeness (QED) is 0.813. The number of hydrogen-bond donors (Lipinski definition) is 1. The molecule has 0 fully saturated rings. The second-order valence-corrected chi connectivity index (χ2v) is 4.96. The van der Waals surface area contributed by atoms with Gasteiger partial charge in [-0.15, -0.1) is 0 Å². The number of nitriles is 1. The predicted molar refractivity (Wildman–Crippen MR) is 89.9 cm³/mol. The van der Waals surface area contributed by atoms with E-state index in [1.807, 2.05) is 0 Å². The van der Waals surface area contributed by atoms with Crippen LogP contribution in [0.1, 0.15) is 15.9 Å². The Morgan fingerprint density at radius 3 is 2.38 bits per heavy atom. The van der Waals surface area contributed by atoms with Crippen LogP contribution in [0.5, 0.6) is 0 Å². The first-order valence-electron chi connectivity index (χ1n) is 7.27. The van der Waals surface area contributed by atoms with Crippen LogP contribution in [0.4, 0.5) is 5.69 Å². The van der Waals surface area contributed by atoms with Crippen molar-refractivity contribution in [3.63, 3.8) is 0 Å². The van der Waals surface area contributed by atoms with Gasteiger partial charge < -0.3 is 19.5 Å². The summed E-state index contributed by atoms with van der Waals surface area (Å²) in [5, 5.41) is 18.3. The summed E-state index contributed by atoms with van der Waals surface area (Å²) >= 11 is 0. The Balaban J connectivity index is 2.69. The van der Waals surface area contributed by atoms with Crippen LogP contribution in [-0.2, 0) is 19.1 Å². The van der Waals surface area contributed by atoms with Gasteiger partial charge in [-0.05, 0) is 30.4 Å². The minimum atomic E-state index is -1.25. The first-order valence-corrected chi connectivity index (χ1v) is 7.27. The number of aromatic carboxylic acids is 1. The third-order valence-corrected chi connectivity index (χ3v) is 3.52. The van der Waals surface area contributed by atoms with Crippen LogP contribution in [0.3, 0.4) is 0 Å². The molecule has 0 saturated heterocycles. The highest BCUT2D eigenvalue weighted by molar-refractivity contribution is 6.05. The standard InChI is InChI=1S/C18H14N2O6/c1-25-17(23)14-5-3-4-8-20(15(14)18(24)26-2)12-6-7-13(16(21)22)11(9-12)10-19/h3-9H,1-2H3,(H,21,22). The van der Waals surface area contributed by atoms with E-state index in [2.05, 4.69) is 0 Å². The van der Waals surface area contributed by atoms with E-state index in [1.165, 1.54) is 48.6 Å². The number of methoxy groups -OCH3 is 2. The average molecular weight is 354 g/mol. The molecular weight excluding hydrogens is 340 g/mol. The Labute approximate surface area is 148 Å². The molecule has 1 aliphatic heterocycles. The molecule has 1 aromatic rings. The van der Waals surface area contributed by atoms with E-state index in [-0.39, 0.29) is 22.4 Å². The Bertz CT molecular complexity index is 905. The van der Waals surface area contributed by atoms with Gasteiger partial charge in [0.1, 0.15) is 11.8 Å². The van der Waals surface area contributed by atoms with Crippen LogP contribution in [0.15, 0.2) is 53.9 Å². The normalized spacial score (nSPS) is 13.0. The van der Waals surface area contributed by atoms with Gasteiger partial charge in [0, 0.05) is 11.9 Å². The number of carboxylic acid groups (broad SMARTS) is 1. The van der Waals surface area contributed by atoms with Crippen LogP contribution in [0, 0.1) is 11.3 Å². The lowest BCUT2D eigenvalue weighted by molar-refractivity contribution is -0.139. The van der Waals surface area contributed by atoms with E-state index in [1.54, 1.807) is 12.1 Å². The minimum absolute atomic E-state index is 0.0508. The average Bonchev–Trinajstić information content (AvgIpc) is 2.88. The summed E-state index contributed by atoms with van der Waals surface area (Å²) in [5.74, 6) is -2.81. The number of rotatable bonds is 4. The number of carboxylic acids is 1. The molecule has 0 bridgehead atoms. The van der Waals surface area contributed by atoms with E-state index < -0.39 is 17.9 Å². The van der Waals surface area contributed by atoms with Crippen molar-refractivity contribution in [1.29, 1.82) is 5.26 Å². The Morgan fingerprint density at radius 1 is 1.12 bits per heavy atom. The molecule has 132 valence electrons. The number of nitrogens with zero attached hydrogens (tertiary/aromatic N) is 2.